The fraction of sp³-hybridized carbons (Fsp3) is 0.583. The van der Waals surface area contributed by atoms with E-state index in [1.807, 2.05) is 20.8 Å². The van der Waals surface area contributed by atoms with Crippen LogP contribution in [0.4, 0.5) is 0 Å². The number of carboxylic acid groups (broad SMARTS) is 1. The van der Waals surface area contributed by atoms with Gasteiger partial charge in [-0.3, -0.25) is 9.48 Å². The molecule has 0 aromatic carbocycles. The predicted octanol–water partition coefficient (Wildman–Crippen LogP) is 0.202. The monoisotopic (exact) mass is 269 g/mol. The third kappa shape index (κ3) is 3.78. The number of carbonyl (C=O) groups excluding carboxylic acids is 1. The molecule has 0 aliphatic heterocycles. The van der Waals surface area contributed by atoms with Crippen LogP contribution in [-0.4, -0.2) is 44.5 Å². The smallest absolute Gasteiger partial charge is 0.334 e. The summed E-state index contributed by atoms with van der Waals surface area (Å²) in [6.45, 7) is 6.01. The molecular weight excluding hydrogens is 250 g/mol. The van der Waals surface area contributed by atoms with Gasteiger partial charge in [-0.15, -0.1) is 0 Å². The number of hydrogen-bond acceptors (Lipinski definition) is 4. The molecule has 0 bridgehead atoms. The molecule has 0 fully saturated rings. The first kappa shape index (κ1) is 15.2. The van der Waals surface area contributed by atoms with Crippen molar-refractivity contribution in [2.75, 3.05) is 6.54 Å². The second kappa shape index (κ2) is 6.33. The lowest BCUT2D eigenvalue weighted by atomic mass is 10.1. The normalized spacial score (nSPS) is 12.5. The Hall–Kier alpha value is -1.89. The molecule has 7 nitrogen and oxygen atoms in total. The zero-order chi connectivity index (χ0) is 14.6. The predicted molar refractivity (Wildman–Crippen MR) is 68.0 cm³/mol. The van der Waals surface area contributed by atoms with Crippen LogP contribution in [0.5, 0.6) is 0 Å². The van der Waals surface area contributed by atoms with Gasteiger partial charge >= 0.3 is 5.97 Å². The van der Waals surface area contributed by atoms with Gasteiger partial charge in [-0.2, -0.15) is 5.10 Å². The van der Waals surface area contributed by atoms with Crippen molar-refractivity contribution >= 4 is 11.9 Å². The van der Waals surface area contributed by atoms with E-state index < -0.39 is 18.0 Å². The Balaban J connectivity index is 2.78. The van der Waals surface area contributed by atoms with Gasteiger partial charge in [0.15, 0.2) is 6.10 Å². The Morgan fingerprint density at radius 1 is 1.47 bits per heavy atom. The highest BCUT2D eigenvalue weighted by Crippen LogP contribution is 2.14. The van der Waals surface area contributed by atoms with E-state index in [9.17, 15) is 9.59 Å². The van der Waals surface area contributed by atoms with Gasteiger partial charge in [-0.05, 0) is 18.9 Å². The Morgan fingerprint density at radius 3 is 2.58 bits per heavy atom. The quantitative estimate of drug-likeness (QED) is 0.684. The maximum atomic E-state index is 11.9. The molecule has 0 aliphatic carbocycles. The van der Waals surface area contributed by atoms with E-state index in [0.29, 0.717) is 12.2 Å². The number of carboxylic acids is 1. The molecule has 0 unspecified atom stereocenters. The van der Waals surface area contributed by atoms with Crippen molar-refractivity contribution in [2.45, 2.75) is 39.3 Å². The number of aromatic nitrogens is 2. The number of aliphatic hydroxyl groups is 1. The standard InChI is InChI=1S/C12H19N3O4/c1-4-15-9(5-8(14-15)7(2)3)11(17)13-6-10(16)12(18)19/h5,7,10,16H,4,6H2,1-3H3,(H,13,17)(H,18,19)/t10-/m0/s1. The molecule has 0 aliphatic rings. The Kier molecular flexibility index (Phi) is 5.05. The summed E-state index contributed by atoms with van der Waals surface area (Å²) in [7, 11) is 0. The summed E-state index contributed by atoms with van der Waals surface area (Å²) in [6.07, 6.45) is -1.61. The van der Waals surface area contributed by atoms with Gasteiger partial charge in [0.05, 0.1) is 12.2 Å². The van der Waals surface area contributed by atoms with Crippen molar-refractivity contribution in [1.82, 2.24) is 15.1 Å². The van der Waals surface area contributed by atoms with E-state index in [0.717, 1.165) is 5.69 Å². The van der Waals surface area contributed by atoms with Gasteiger partial charge in [-0.1, -0.05) is 13.8 Å². The number of amides is 1. The van der Waals surface area contributed by atoms with E-state index in [-0.39, 0.29) is 12.5 Å². The van der Waals surface area contributed by atoms with Crippen LogP contribution in [-0.2, 0) is 11.3 Å². The highest BCUT2D eigenvalue weighted by Gasteiger charge is 2.19. The summed E-state index contributed by atoms with van der Waals surface area (Å²) >= 11 is 0. The maximum absolute atomic E-state index is 11.9. The number of aryl methyl sites for hydroxylation is 1. The Morgan fingerprint density at radius 2 is 2.11 bits per heavy atom. The van der Waals surface area contributed by atoms with Crippen molar-refractivity contribution in [3.05, 3.63) is 17.5 Å². The molecule has 106 valence electrons. The van der Waals surface area contributed by atoms with Crippen LogP contribution in [0, 0.1) is 0 Å². The van der Waals surface area contributed by atoms with Gasteiger partial charge in [0.25, 0.3) is 5.91 Å². The molecule has 0 saturated carbocycles. The zero-order valence-corrected chi connectivity index (χ0v) is 11.3. The minimum Gasteiger partial charge on any atom is -0.479 e. The van der Waals surface area contributed by atoms with Crippen molar-refractivity contribution < 1.29 is 19.8 Å². The van der Waals surface area contributed by atoms with E-state index in [1.54, 1.807) is 10.7 Å². The summed E-state index contributed by atoms with van der Waals surface area (Å²) in [4.78, 5) is 22.4. The second-order valence-corrected chi connectivity index (χ2v) is 4.49. The lowest BCUT2D eigenvalue weighted by molar-refractivity contribution is -0.146. The largest absolute Gasteiger partial charge is 0.479 e. The maximum Gasteiger partial charge on any atom is 0.334 e. The number of nitrogens with one attached hydrogen (secondary N) is 1. The fourth-order valence-corrected chi connectivity index (χ4v) is 1.51. The van der Waals surface area contributed by atoms with E-state index in [4.69, 9.17) is 10.2 Å². The topological polar surface area (TPSA) is 104 Å². The zero-order valence-electron chi connectivity index (χ0n) is 11.3. The lowest BCUT2D eigenvalue weighted by Crippen LogP contribution is -2.37. The van der Waals surface area contributed by atoms with Gasteiger partial charge < -0.3 is 15.5 Å². The summed E-state index contributed by atoms with van der Waals surface area (Å²) in [5.74, 6) is -1.61. The molecule has 19 heavy (non-hydrogen) atoms. The SMILES string of the molecule is CCn1nc(C(C)C)cc1C(=O)NC[C@H](O)C(=O)O. The summed E-state index contributed by atoms with van der Waals surface area (Å²) in [5.41, 5.74) is 1.16. The Bertz CT molecular complexity index is 468. The molecule has 1 atom stereocenters. The first-order valence-electron chi connectivity index (χ1n) is 6.13. The molecule has 7 heteroatoms. The highest BCUT2D eigenvalue weighted by molar-refractivity contribution is 5.93. The molecule has 1 aromatic rings. The van der Waals surface area contributed by atoms with Gasteiger partial charge in [-0.25, -0.2) is 4.79 Å². The summed E-state index contributed by atoms with van der Waals surface area (Å²) in [6, 6.07) is 1.68. The average Bonchev–Trinajstić information content (AvgIpc) is 2.79. The van der Waals surface area contributed by atoms with Crippen LogP contribution in [0.2, 0.25) is 0 Å². The second-order valence-electron chi connectivity index (χ2n) is 4.49. The van der Waals surface area contributed by atoms with Crippen LogP contribution in [0.15, 0.2) is 6.07 Å². The lowest BCUT2D eigenvalue weighted by Gasteiger charge is -2.08. The minimum atomic E-state index is -1.61. The molecule has 0 saturated heterocycles. The van der Waals surface area contributed by atoms with E-state index >= 15 is 0 Å². The first-order chi connectivity index (χ1) is 8.86. The van der Waals surface area contributed by atoms with Crippen molar-refractivity contribution in [1.29, 1.82) is 0 Å². The number of aliphatic hydroxyl groups excluding tert-OH is 1. The number of hydrogen-bond donors (Lipinski definition) is 3. The highest BCUT2D eigenvalue weighted by atomic mass is 16.4. The van der Waals surface area contributed by atoms with E-state index in [1.165, 1.54) is 0 Å². The van der Waals surface area contributed by atoms with Crippen LogP contribution < -0.4 is 5.32 Å². The molecule has 1 aromatic heterocycles. The first-order valence-corrected chi connectivity index (χ1v) is 6.13. The van der Waals surface area contributed by atoms with Crippen molar-refractivity contribution in [3.63, 3.8) is 0 Å². The minimum absolute atomic E-state index is 0.198. The van der Waals surface area contributed by atoms with Gasteiger partial charge in [0.1, 0.15) is 5.69 Å². The molecule has 1 rings (SSSR count). The number of nitrogens with zero attached hydrogens (tertiary/aromatic N) is 2. The van der Waals surface area contributed by atoms with E-state index in [2.05, 4.69) is 10.4 Å². The van der Waals surface area contributed by atoms with Crippen molar-refractivity contribution in [2.24, 2.45) is 0 Å². The van der Waals surface area contributed by atoms with Crippen LogP contribution in [0.1, 0.15) is 42.9 Å². The number of aliphatic carboxylic acids is 1. The molecule has 0 radical (unpaired) electrons. The van der Waals surface area contributed by atoms with Crippen LogP contribution in [0.3, 0.4) is 0 Å². The number of rotatable bonds is 6. The molecular formula is C12H19N3O4. The molecule has 1 heterocycles. The fourth-order valence-electron chi connectivity index (χ4n) is 1.51. The molecule has 3 N–H and O–H groups in total. The Labute approximate surface area is 111 Å². The third-order valence-electron chi connectivity index (χ3n) is 2.66. The average molecular weight is 269 g/mol. The van der Waals surface area contributed by atoms with Crippen LogP contribution in [0.25, 0.3) is 0 Å². The third-order valence-corrected chi connectivity index (χ3v) is 2.66. The van der Waals surface area contributed by atoms with Gasteiger partial charge in [0.2, 0.25) is 0 Å². The van der Waals surface area contributed by atoms with Gasteiger partial charge in [0, 0.05) is 6.54 Å². The summed E-state index contributed by atoms with van der Waals surface area (Å²) < 4.78 is 1.55. The van der Waals surface area contributed by atoms with Crippen molar-refractivity contribution in [3.8, 4) is 0 Å². The molecule has 0 spiro atoms. The number of carbonyl (C=O) groups is 2. The molecule has 1 amide bonds. The summed E-state index contributed by atoms with van der Waals surface area (Å²) in [5, 5.41) is 24.3. The van der Waals surface area contributed by atoms with Crippen LogP contribution >= 0.6 is 0 Å².